The molecule has 0 saturated carbocycles. The fourth-order valence-corrected chi connectivity index (χ4v) is 4.47. The summed E-state index contributed by atoms with van der Waals surface area (Å²) in [6.45, 7) is 1.57. The summed E-state index contributed by atoms with van der Waals surface area (Å²) in [5.41, 5.74) is 2.02. The van der Waals surface area contributed by atoms with E-state index < -0.39 is 0 Å². The van der Waals surface area contributed by atoms with Gasteiger partial charge in [0.15, 0.2) is 0 Å². The highest BCUT2D eigenvalue weighted by atomic mass is 79.9. The maximum atomic E-state index is 13.0. The molecule has 0 unspecified atom stereocenters. The van der Waals surface area contributed by atoms with Gasteiger partial charge in [-0.25, -0.2) is 4.52 Å². The number of rotatable bonds is 7. The second-order valence-corrected chi connectivity index (χ2v) is 8.27. The Morgan fingerprint density at radius 1 is 1.19 bits per heavy atom. The number of pyridine rings is 1. The molecule has 2 aromatic heterocycles. The molecule has 140 valence electrons. The largest absolute Gasteiger partial charge is 0.507 e. The van der Waals surface area contributed by atoms with Crippen LogP contribution in [0, 0.1) is 0 Å². The second kappa shape index (κ2) is 7.63. The van der Waals surface area contributed by atoms with Crippen LogP contribution in [0.1, 0.15) is 5.69 Å². The quantitative estimate of drug-likeness (QED) is 0.298. The molecule has 0 aliphatic heterocycles. The number of benzene rings is 2. The van der Waals surface area contributed by atoms with E-state index in [-0.39, 0.29) is 23.2 Å². The van der Waals surface area contributed by atoms with E-state index in [1.54, 1.807) is 28.4 Å². The van der Waals surface area contributed by atoms with Crippen LogP contribution in [0.2, 0.25) is 0 Å². The summed E-state index contributed by atoms with van der Waals surface area (Å²) in [5.74, 6) is 1.60. The van der Waals surface area contributed by atoms with Crippen molar-refractivity contribution in [3.8, 4) is 5.75 Å². The van der Waals surface area contributed by atoms with Crippen LogP contribution >= 0.6 is 27.7 Å². The highest BCUT2D eigenvalue weighted by Gasteiger charge is 2.20. The average Bonchev–Trinajstić information content (AvgIpc) is 3.02. The van der Waals surface area contributed by atoms with Gasteiger partial charge in [0, 0.05) is 34.5 Å². The fraction of sp³-hybridized carbons (Fsp3) is 0.263. The van der Waals surface area contributed by atoms with Crippen molar-refractivity contribution in [1.29, 1.82) is 0 Å². The van der Waals surface area contributed by atoms with Crippen molar-refractivity contribution in [2.75, 3.05) is 24.7 Å². The van der Waals surface area contributed by atoms with E-state index >= 15 is 0 Å². The van der Waals surface area contributed by atoms with Gasteiger partial charge in [0.1, 0.15) is 5.75 Å². The molecule has 27 heavy (non-hydrogen) atoms. The zero-order chi connectivity index (χ0) is 19.0. The third-order valence-corrected chi connectivity index (χ3v) is 6.15. The molecule has 4 rings (SSSR count). The molecule has 0 bridgehead atoms. The van der Waals surface area contributed by atoms with Crippen molar-refractivity contribution in [2.24, 2.45) is 0 Å². The van der Waals surface area contributed by atoms with Gasteiger partial charge in [-0.1, -0.05) is 6.07 Å². The number of phenols is 1. The van der Waals surface area contributed by atoms with Crippen LogP contribution in [0.5, 0.6) is 5.75 Å². The number of halogens is 1. The fourth-order valence-electron chi connectivity index (χ4n) is 3.35. The maximum absolute atomic E-state index is 13.0. The van der Waals surface area contributed by atoms with E-state index in [1.807, 2.05) is 12.1 Å². The van der Waals surface area contributed by atoms with Gasteiger partial charge in [-0.05, 0) is 40.2 Å². The van der Waals surface area contributed by atoms with E-state index in [4.69, 9.17) is 10.2 Å². The van der Waals surface area contributed by atoms with E-state index in [9.17, 15) is 9.90 Å². The highest BCUT2D eigenvalue weighted by molar-refractivity contribution is 9.10. The lowest BCUT2D eigenvalue weighted by Crippen LogP contribution is -2.17. The maximum Gasteiger partial charge on any atom is 0.202 e. The second-order valence-electron chi connectivity index (χ2n) is 6.19. The third-order valence-electron chi connectivity index (χ3n) is 4.52. The lowest BCUT2D eigenvalue weighted by Gasteiger charge is -2.06. The molecule has 3 N–H and O–H groups in total. The normalized spacial score (nSPS) is 11.9. The smallest absolute Gasteiger partial charge is 0.202 e. The Bertz CT molecular complexity index is 1180. The highest BCUT2D eigenvalue weighted by Crippen LogP contribution is 2.32. The Hall–Kier alpha value is -1.87. The number of aliphatic hydroxyl groups is 1. The number of hydrogen-bond donors (Lipinski definition) is 3. The molecule has 8 heteroatoms. The summed E-state index contributed by atoms with van der Waals surface area (Å²) >= 11 is 5.17. The van der Waals surface area contributed by atoms with E-state index in [2.05, 4.69) is 21.2 Å². The van der Waals surface area contributed by atoms with Crippen LogP contribution in [0.3, 0.4) is 0 Å². The zero-order valence-electron chi connectivity index (χ0n) is 14.4. The van der Waals surface area contributed by atoms with Gasteiger partial charge < -0.3 is 15.5 Å². The Labute approximate surface area is 167 Å². The van der Waals surface area contributed by atoms with Gasteiger partial charge in [-0.3, -0.25) is 4.79 Å². The minimum absolute atomic E-state index is 0.0388. The molecular weight excluding hydrogens is 430 g/mol. The van der Waals surface area contributed by atoms with E-state index in [0.717, 1.165) is 34.6 Å². The SMILES string of the molecule is O=c1c2c(O)cccc2n2nc(CNCCSCCO)c3ccc(Br)c1c32. The first kappa shape index (κ1) is 18.5. The van der Waals surface area contributed by atoms with Crippen LogP contribution in [0.25, 0.3) is 27.2 Å². The van der Waals surface area contributed by atoms with Gasteiger partial charge in [-0.15, -0.1) is 0 Å². The monoisotopic (exact) mass is 447 g/mol. The number of hydrogen-bond acceptors (Lipinski definition) is 6. The van der Waals surface area contributed by atoms with Crippen molar-refractivity contribution in [3.63, 3.8) is 0 Å². The van der Waals surface area contributed by atoms with Crippen molar-refractivity contribution in [1.82, 2.24) is 14.9 Å². The van der Waals surface area contributed by atoms with E-state index in [1.165, 1.54) is 6.07 Å². The topological polar surface area (TPSA) is 86.9 Å². The van der Waals surface area contributed by atoms with Crippen LogP contribution in [0.15, 0.2) is 39.6 Å². The molecule has 0 saturated heterocycles. The lowest BCUT2D eigenvalue weighted by atomic mass is 10.1. The molecule has 0 aliphatic carbocycles. The Morgan fingerprint density at radius 2 is 2.04 bits per heavy atom. The molecule has 6 nitrogen and oxygen atoms in total. The first-order valence-electron chi connectivity index (χ1n) is 8.60. The van der Waals surface area contributed by atoms with Crippen LogP contribution < -0.4 is 10.7 Å². The van der Waals surface area contributed by atoms with Gasteiger partial charge >= 0.3 is 0 Å². The third kappa shape index (κ3) is 3.16. The van der Waals surface area contributed by atoms with Crippen molar-refractivity contribution >= 4 is 54.9 Å². The predicted molar refractivity (Wildman–Crippen MR) is 113 cm³/mol. The van der Waals surface area contributed by atoms with Crippen LogP contribution in [-0.4, -0.2) is 44.5 Å². The van der Waals surface area contributed by atoms with Crippen molar-refractivity contribution in [2.45, 2.75) is 6.54 Å². The molecule has 0 radical (unpaired) electrons. The molecule has 2 aromatic carbocycles. The lowest BCUT2D eigenvalue weighted by molar-refractivity contribution is 0.322. The summed E-state index contributed by atoms with van der Waals surface area (Å²) in [7, 11) is 0. The zero-order valence-corrected chi connectivity index (χ0v) is 16.8. The number of aliphatic hydroxyl groups excluding tert-OH is 1. The molecule has 0 atom stereocenters. The Kier molecular flexibility index (Phi) is 5.23. The number of aromatic hydroxyl groups is 1. The molecule has 0 fully saturated rings. The summed E-state index contributed by atoms with van der Waals surface area (Å²) in [6, 6.07) is 8.85. The van der Waals surface area contributed by atoms with Gasteiger partial charge in [-0.2, -0.15) is 16.9 Å². The number of nitrogens with zero attached hydrogens (tertiary/aromatic N) is 2. The summed E-state index contributed by atoms with van der Waals surface area (Å²) in [4.78, 5) is 13.0. The molecule has 4 aromatic rings. The summed E-state index contributed by atoms with van der Waals surface area (Å²) in [5, 5.41) is 28.9. The number of fused-ring (bicyclic) bond motifs is 2. The van der Waals surface area contributed by atoms with Gasteiger partial charge in [0.05, 0.1) is 34.1 Å². The van der Waals surface area contributed by atoms with E-state index in [0.29, 0.717) is 21.9 Å². The van der Waals surface area contributed by atoms with Gasteiger partial charge in [0.25, 0.3) is 0 Å². The minimum atomic E-state index is -0.201. The number of phenolic OH excluding ortho intramolecular Hbond substituents is 1. The summed E-state index contributed by atoms with van der Waals surface area (Å²) in [6.07, 6.45) is 0. The molecule has 2 heterocycles. The predicted octanol–water partition coefficient (Wildman–Crippen LogP) is 2.72. The number of nitrogens with one attached hydrogen (secondary N) is 1. The van der Waals surface area contributed by atoms with Gasteiger partial charge in [0.2, 0.25) is 5.43 Å². The standard InChI is InChI=1S/C19H18BrN3O3S/c20-12-5-4-11-13(10-21-6-8-27-9-7-24)22-23-14-2-1-3-15(25)17(14)19(26)16(12)18(11)23/h1-5,21,24-25H,6-10H2. The van der Waals surface area contributed by atoms with Crippen molar-refractivity contribution in [3.05, 3.63) is 50.7 Å². The Morgan fingerprint density at radius 3 is 2.85 bits per heavy atom. The van der Waals surface area contributed by atoms with Crippen LogP contribution in [0.4, 0.5) is 0 Å². The Balaban J connectivity index is 1.82. The first-order valence-corrected chi connectivity index (χ1v) is 10.5. The molecule has 0 amide bonds. The van der Waals surface area contributed by atoms with Crippen LogP contribution in [-0.2, 0) is 6.54 Å². The number of aromatic nitrogens is 2. The average molecular weight is 448 g/mol. The minimum Gasteiger partial charge on any atom is -0.507 e. The van der Waals surface area contributed by atoms with Crippen molar-refractivity contribution < 1.29 is 10.2 Å². The molecular formula is C19H18BrN3O3S. The molecule has 0 spiro atoms. The summed E-state index contributed by atoms with van der Waals surface area (Å²) < 4.78 is 2.44. The first-order chi connectivity index (χ1) is 13.1. The number of thioether (sulfide) groups is 1. The molecule has 0 aliphatic rings.